The van der Waals surface area contributed by atoms with Crippen LogP contribution in [0.4, 0.5) is 0 Å². The molecule has 174 valence electrons. The Morgan fingerprint density at radius 2 is 1.72 bits per heavy atom. The summed E-state index contributed by atoms with van der Waals surface area (Å²) in [6, 6.07) is 11.7. The zero-order valence-electron chi connectivity index (χ0n) is 18.8. The summed E-state index contributed by atoms with van der Waals surface area (Å²) < 4.78 is 33.1. The number of nitrogens with two attached hydrogens (primary N) is 1. The fraction of sp³-hybridized carbons (Fsp3) is 0.391. The second-order valence-electron chi connectivity index (χ2n) is 7.82. The van der Waals surface area contributed by atoms with Crippen molar-refractivity contribution in [1.29, 1.82) is 0 Å². The van der Waals surface area contributed by atoms with Crippen molar-refractivity contribution < 1.29 is 27.5 Å². The number of hydrogen-bond donors (Lipinski definition) is 2. The Balaban J connectivity index is 1.74. The molecule has 32 heavy (non-hydrogen) atoms. The number of nitrogens with one attached hydrogen (secondary N) is 1. The topological polar surface area (TPSA) is 125 Å². The van der Waals surface area contributed by atoms with Gasteiger partial charge in [-0.2, -0.15) is 0 Å². The van der Waals surface area contributed by atoms with Crippen LogP contribution in [-0.4, -0.2) is 39.5 Å². The Morgan fingerprint density at radius 3 is 2.28 bits per heavy atom. The first-order chi connectivity index (χ1) is 15.0. The van der Waals surface area contributed by atoms with Gasteiger partial charge in [-0.05, 0) is 67.1 Å². The summed E-state index contributed by atoms with van der Waals surface area (Å²) in [6.07, 6.45) is -0.493. The van der Waals surface area contributed by atoms with Crippen molar-refractivity contribution in [3.63, 3.8) is 0 Å². The molecular formula is C23H30N2O6S. The molecule has 0 heterocycles. The van der Waals surface area contributed by atoms with E-state index in [1.807, 2.05) is 19.1 Å². The zero-order valence-corrected chi connectivity index (χ0v) is 19.6. The second-order valence-corrected chi connectivity index (χ2v) is 9.39. The maximum absolute atomic E-state index is 12.1. The Morgan fingerprint density at radius 1 is 1.06 bits per heavy atom. The third-order valence-electron chi connectivity index (χ3n) is 4.86. The van der Waals surface area contributed by atoms with E-state index in [4.69, 9.17) is 14.6 Å². The lowest BCUT2D eigenvalue weighted by Crippen LogP contribution is -2.37. The summed E-state index contributed by atoms with van der Waals surface area (Å²) >= 11 is 0. The normalized spacial score (nSPS) is 12.3. The van der Waals surface area contributed by atoms with E-state index >= 15 is 0 Å². The van der Waals surface area contributed by atoms with Crippen LogP contribution >= 0.6 is 0 Å². The lowest BCUT2D eigenvalue weighted by Gasteiger charge is -2.15. The van der Waals surface area contributed by atoms with E-state index in [1.165, 1.54) is 24.6 Å². The van der Waals surface area contributed by atoms with Crippen LogP contribution in [0.15, 0.2) is 47.4 Å². The third-order valence-corrected chi connectivity index (χ3v) is 5.79. The largest absolute Gasteiger partial charge is 0.482 e. The fourth-order valence-electron chi connectivity index (χ4n) is 3.13. The summed E-state index contributed by atoms with van der Waals surface area (Å²) in [4.78, 5) is 24.2. The van der Waals surface area contributed by atoms with Crippen LogP contribution < -0.4 is 15.2 Å². The van der Waals surface area contributed by atoms with Crippen LogP contribution in [0.3, 0.4) is 0 Å². The molecule has 1 amide bonds. The van der Waals surface area contributed by atoms with Crippen molar-refractivity contribution >= 4 is 21.9 Å². The highest BCUT2D eigenvalue weighted by molar-refractivity contribution is 7.89. The number of rotatable bonds is 10. The van der Waals surface area contributed by atoms with Gasteiger partial charge in [-0.15, -0.1) is 0 Å². The van der Waals surface area contributed by atoms with Gasteiger partial charge in [-0.3, -0.25) is 4.79 Å². The minimum atomic E-state index is -3.74. The van der Waals surface area contributed by atoms with Crippen LogP contribution in [-0.2, 0) is 30.8 Å². The van der Waals surface area contributed by atoms with E-state index < -0.39 is 28.0 Å². The first kappa shape index (κ1) is 25.4. The number of primary sulfonamides is 1. The van der Waals surface area contributed by atoms with Gasteiger partial charge in [0, 0.05) is 6.54 Å². The smallest absolute Gasteiger partial charge is 0.344 e. The van der Waals surface area contributed by atoms with Crippen molar-refractivity contribution in [2.45, 2.75) is 51.0 Å². The SMILES string of the molecule is Cc1cc(OCC(=O)OC(C)C(=O)NCCc2ccc(S(N)(=O)=O)cc2)ccc1C(C)C. The number of hydrogen-bond acceptors (Lipinski definition) is 6. The maximum atomic E-state index is 12.1. The van der Waals surface area contributed by atoms with E-state index in [0.717, 1.165) is 11.1 Å². The van der Waals surface area contributed by atoms with Crippen molar-refractivity contribution in [1.82, 2.24) is 5.32 Å². The van der Waals surface area contributed by atoms with Gasteiger partial charge in [0.25, 0.3) is 5.91 Å². The predicted octanol–water partition coefficient (Wildman–Crippen LogP) is 2.44. The number of aryl methyl sites for hydroxylation is 1. The number of sulfonamides is 1. The Bertz CT molecular complexity index is 1050. The minimum absolute atomic E-state index is 0.0269. The molecule has 9 heteroatoms. The molecule has 0 bridgehead atoms. The predicted molar refractivity (Wildman–Crippen MR) is 121 cm³/mol. The van der Waals surface area contributed by atoms with Crippen LogP contribution in [0.5, 0.6) is 5.75 Å². The molecular weight excluding hydrogens is 432 g/mol. The number of amides is 1. The summed E-state index contributed by atoms with van der Waals surface area (Å²) in [5.41, 5.74) is 3.12. The molecule has 8 nitrogen and oxygen atoms in total. The van der Waals surface area contributed by atoms with Crippen molar-refractivity contribution in [2.75, 3.05) is 13.2 Å². The van der Waals surface area contributed by atoms with Gasteiger partial charge in [-0.1, -0.05) is 32.0 Å². The quantitative estimate of drug-likeness (QED) is 0.523. The fourth-order valence-corrected chi connectivity index (χ4v) is 3.65. The Labute approximate surface area is 189 Å². The van der Waals surface area contributed by atoms with Crippen LogP contribution in [0.1, 0.15) is 43.4 Å². The van der Waals surface area contributed by atoms with Gasteiger partial charge in [0.2, 0.25) is 10.0 Å². The molecule has 0 aromatic heterocycles. The molecule has 0 radical (unpaired) electrons. The molecule has 2 rings (SSSR count). The molecule has 0 spiro atoms. The standard InChI is InChI=1S/C23H30N2O6S/c1-15(2)21-10-7-19(13-16(21)3)30-14-22(26)31-17(4)23(27)25-12-11-18-5-8-20(9-6-18)32(24,28)29/h5-10,13,15,17H,11-12,14H2,1-4H3,(H,25,27)(H2,24,28,29). The van der Waals surface area contributed by atoms with Crippen LogP contribution in [0, 0.1) is 6.92 Å². The molecule has 0 aliphatic carbocycles. The summed E-state index contributed by atoms with van der Waals surface area (Å²) in [6.45, 7) is 7.69. The molecule has 0 fully saturated rings. The monoisotopic (exact) mass is 462 g/mol. The van der Waals surface area contributed by atoms with Crippen molar-refractivity contribution in [2.24, 2.45) is 5.14 Å². The highest BCUT2D eigenvalue weighted by atomic mass is 32.2. The molecule has 1 atom stereocenters. The molecule has 0 aliphatic rings. The first-order valence-corrected chi connectivity index (χ1v) is 11.8. The molecule has 0 aliphatic heterocycles. The van der Waals surface area contributed by atoms with E-state index in [9.17, 15) is 18.0 Å². The average Bonchev–Trinajstić information content (AvgIpc) is 2.71. The van der Waals surface area contributed by atoms with Crippen LogP contribution in [0.25, 0.3) is 0 Å². The number of carbonyl (C=O) groups excluding carboxylic acids is 2. The highest BCUT2D eigenvalue weighted by Crippen LogP contribution is 2.23. The second kappa shape index (κ2) is 11.1. The lowest BCUT2D eigenvalue weighted by atomic mass is 9.98. The van der Waals surface area contributed by atoms with Gasteiger partial charge in [-0.25, -0.2) is 18.4 Å². The summed E-state index contributed by atoms with van der Waals surface area (Å²) in [5.74, 6) is -0.113. The van der Waals surface area contributed by atoms with E-state index in [-0.39, 0.29) is 11.5 Å². The maximum Gasteiger partial charge on any atom is 0.344 e. The van der Waals surface area contributed by atoms with E-state index in [0.29, 0.717) is 24.6 Å². The molecule has 1 unspecified atom stereocenters. The van der Waals surface area contributed by atoms with Gasteiger partial charge < -0.3 is 14.8 Å². The number of ether oxygens (including phenoxy) is 2. The molecule has 2 aromatic carbocycles. The Kier molecular flexibility index (Phi) is 8.80. The molecule has 0 saturated carbocycles. The van der Waals surface area contributed by atoms with Gasteiger partial charge in [0.15, 0.2) is 12.7 Å². The van der Waals surface area contributed by atoms with E-state index in [1.54, 1.807) is 18.2 Å². The van der Waals surface area contributed by atoms with Gasteiger partial charge in [0.1, 0.15) is 5.75 Å². The van der Waals surface area contributed by atoms with Crippen LogP contribution in [0.2, 0.25) is 0 Å². The number of benzene rings is 2. The highest BCUT2D eigenvalue weighted by Gasteiger charge is 2.18. The molecule has 2 aromatic rings. The minimum Gasteiger partial charge on any atom is -0.482 e. The van der Waals surface area contributed by atoms with Crippen molar-refractivity contribution in [3.8, 4) is 5.75 Å². The van der Waals surface area contributed by atoms with Gasteiger partial charge in [0.05, 0.1) is 4.90 Å². The average molecular weight is 463 g/mol. The van der Waals surface area contributed by atoms with E-state index in [2.05, 4.69) is 19.2 Å². The van der Waals surface area contributed by atoms with Crippen molar-refractivity contribution in [3.05, 3.63) is 59.2 Å². The Hall–Kier alpha value is -2.91. The number of carbonyl (C=O) groups is 2. The molecule has 3 N–H and O–H groups in total. The first-order valence-electron chi connectivity index (χ1n) is 10.3. The van der Waals surface area contributed by atoms with Gasteiger partial charge >= 0.3 is 5.97 Å². The molecule has 0 saturated heterocycles. The zero-order chi connectivity index (χ0) is 23.9. The summed E-state index contributed by atoms with van der Waals surface area (Å²) in [5, 5.41) is 7.74. The lowest BCUT2D eigenvalue weighted by molar-refractivity contribution is -0.156. The summed E-state index contributed by atoms with van der Waals surface area (Å²) in [7, 11) is -3.74. The third kappa shape index (κ3) is 7.65. The number of esters is 1.